The lowest BCUT2D eigenvalue weighted by molar-refractivity contribution is 0.0835. The van der Waals surface area contributed by atoms with Gasteiger partial charge >= 0.3 is 0 Å². The molecule has 0 spiro atoms. The zero-order valence-electron chi connectivity index (χ0n) is 12.6. The van der Waals surface area contributed by atoms with E-state index in [2.05, 4.69) is 22.9 Å². The van der Waals surface area contributed by atoms with Crippen LogP contribution in [0.4, 0.5) is 0 Å². The third-order valence-corrected chi connectivity index (χ3v) is 4.43. The summed E-state index contributed by atoms with van der Waals surface area (Å²) in [5.74, 6) is 1.57. The molecule has 5 nitrogen and oxygen atoms in total. The number of fused-ring (bicyclic) bond motifs is 1. The molecule has 0 bridgehead atoms. The van der Waals surface area contributed by atoms with Gasteiger partial charge in [-0.05, 0) is 31.7 Å². The average molecular weight is 287 g/mol. The van der Waals surface area contributed by atoms with E-state index in [1.165, 1.54) is 0 Å². The van der Waals surface area contributed by atoms with Gasteiger partial charge in [0.15, 0.2) is 11.5 Å². The van der Waals surface area contributed by atoms with Crippen LogP contribution >= 0.6 is 0 Å². The van der Waals surface area contributed by atoms with Crippen LogP contribution in [0.1, 0.15) is 12.5 Å². The second-order valence-corrected chi connectivity index (χ2v) is 6.04. The molecule has 1 unspecified atom stereocenters. The molecule has 21 heavy (non-hydrogen) atoms. The number of piperazine rings is 1. The van der Waals surface area contributed by atoms with Crippen molar-refractivity contribution in [2.24, 2.45) is 0 Å². The Balaban J connectivity index is 1.76. The summed E-state index contributed by atoms with van der Waals surface area (Å²) in [5, 5.41) is 9.70. The number of nitriles is 1. The highest BCUT2D eigenvalue weighted by Crippen LogP contribution is 2.34. The van der Waals surface area contributed by atoms with Crippen molar-refractivity contribution in [3.63, 3.8) is 0 Å². The van der Waals surface area contributed by atoms with Gasteiger partial charge in [-0.15, -0.1) is 0 Å². The van der Waals surface area contributed by atoms with Crippen molar-refractivity contribution >= 4 is 0 Å². The zero-order valence-corrected chi connectivity index (χ0v) is 12.6. The minimum Gasteiger partial charge on any atom is -0.454 e. The van der Waals surface area contributed by atoms with Crippen LogP contribution < -0.4 is 9.47 Å². The minimum absolute atomic E-state index is 0.284. The molecule has 0 amide bonds. The van der Waals surface area contributed by atoms with Gasteiger partial charge in [-0.3, -0.25) is 4.90 Å². The smallest absolute Gasteiger partial charge is 0.231 e. The molecule has 0 radical (unpaired) electrons. The van der Waals surface area contributed by atoms with Crippen LogP contribution in [0.3, 0.4) is 0 Å². The van der Waals surface area contributed by atoms with Gasteiger partial charge in [-0.25, -0.2) is 0 Å². The minimum atomic E-state index is -0.477. The fourth-order valence-electron chi connectivity index (χ4n) is 2.97. The van der Waals surface area contributed by atoms with Gasteiger partial charge in [-0.2, -0.15) is 5.26 Å². The molecule has 0 saturated carbocycles. The normalized spacial score (nSPS) is 21.8. The number of hydrogen-bond acceptors (Lipinski definition) is 5. The van der Waals surface area contributed by atoms with E-state index in [4.69, 9.17) is 9.47 Å². The second kappa shape index (κ2) is 5.55. The van der Waals surface area contributed by atoms with Crippen LogP contribution in [0.15, 0.2) is 18.2 Å². The van der Waals surface area contributed by atoms with E-state index in [1.54, 1.807) is 0 Å². The number of rotatable bonds is 3. The molecule has 2 aliphatic rings. The molecular weight excluding hydrogens is 266 g/mol. The summed E-state index contributed by atoms with van der Waals surface area (Å²) in [4.78, 5) is 4.59. The molecule has 112 valence electrons. The van der Waals surface area contributed by atoms with Crippen LogP contribution in [0.25, 0.3) is 0 Å². The van der Waals surface area contributed by atoms with Gasteiger partial charge in [0.1, 0.15) is 5.54 Å². The Morgan fingerprint density at radius 2 is 1.90 bits per heavy atom. The second-order valence-electron chi connectivity index (χ2n) is 6.04. The molecule has 5 heteroatoms. The fraction of sp³-hybridized carbons (Fsp3) is 0.562. The van der Waals surface area contributed by atoms with Crippen LogP contribution in [-0.4, -0.2) is 55.4 Å². The number of benzene rings is 1. The van der Waals surface area contributed by atoms with E-state index in [9.17, 15) is 5.26 Å². The van der Waals surface area contributed by atoms with Crippen molar-refractivity contribution in [3.05, 3.63) is 23.8 Å². The molecule has 2 aliphatic heterocycles. The maximum atomic E-state index is 9.70. The van der Waals surface area contributed by atoms with Gasteiger partial charge in [-0.1, -0.05) is 6.07 Å². The highest BCUT2D eigenvalue weighted by atomic mass is 16.7. The number of nitrogens with zero attached hydrogens (tertiary/aromatic N) is 3. The molecule has 0 aliphatic carbocycles. The summed E-state index contributed by atoms with van der Waals surface area (Å²) in [5.41, 5.74) is 0.636. The first-order chi connectivity index (χ1) is 10.1. The Morgan fingerprint density at radius 3 is 2.62 bits per heavy atom. The first kappa shape index (κ1) is 14.2. The standard InChI is InChI=1S/C16H21N3O2/c1-16(11-17,19-7-5-18(2)6-8-19)10-13-3-4-14-15(9-13)21-12-20-14/h3-4,9H,5-8,10,12H2,1-2H3. The van der Waals surface area contributed by atoms with Gasteiger partial charge in [0, 0.05) is 32.6 Å². The molecule has 0 N–H and O–H groups in total. The Labute approximate surface area is 125 Å². The van der Waals surface area contributed by atoms with E-state index in [0.29, 0.717) is 6.42 Å². The summed E-state index contributed by atoms with van der Waals surface area (Å²) in [6.45, 7) is 6.21. The lowest BCUT2D eigenvalue weighted by Crippen LogP contribution is -2.55. The van der Waals surface area contributed by atoms with E-state index in [-0.39, 0.29) is 6.79 Å². The van der Waals surface area contributed by atoms with Crippen molar-refractivity contribution in [2.75, 3.05) is 40.0 Å². The maximum absolute atomic E-state index is 9.70. The summed E-state index contributed by atoms with van der Waals surface area (Å²) in [6.07, 6.45) is 0.698. The Kier molecular flexibility index (Phi) is 3.75. The third kappa shape index (κ3) is 2.82. The molecule has 1 aromatic rings. The molecule has 2 heterocycles. The fourth-order valence-corrected chi connectivity index (χ4v) is 2.97. The first-order valence-corrected chi connectivity index (χ1v) is 7.34. The molecule has 3 rings (SSSR count). The Bertz CT molecular complexity index is 561. The number of hydrogen-bond donors (Lipinski definition) is 0. The third-order valence-electron chi connectivity index (χ3n) is 4.43. The molecule has 0 aromatic heterocycles. The predicted molar refractivity (Wildman–Crippen MR) is 79.4 cm³/mol. The predicted octanol–water partition coefficient (Wildman–Crippen LogP) is 1.49. The largest absolute Gasteiger partial charge is 0.454 e. The van der Waals surface area contributed by atoms with Gasteiger partial charge in [0.05, 0.1) is 6.07 Å². The lowest BCUT2D eigenvalue weighted by atomic mass is 9.91. The van der Waals surface area contributed by atoms with Crippen molar-refractivity contribution in [1.82, 2.24) is 9.80 Å². The molecular formula is C16H21N3O2. The van der Waals surface area contributed by atoms with Crippen LogP contribution in [-0.2, 0) is 6.42 Å². The molecule has 1 fully saturated rings. The molecule has 1 aromatic carbocycles. The number of likely N-dealkylation sites (N-methyl/N-ethyl adjacent to an activating group) is 1. The van der Waals surface area contributed by atoms with Gasteiger partial charge in [0.2, 0.25) is 6.79 Å². The zero-order chi connectivity index (χ0) is 14.9. The summed E-state index contributed by atoms with van der Waals surface area (Å²) >= 11 is 0. The van der Waals surface area contributed by atoms with Crippen molar-refractivity contribution in [1.29, 1.82) is 5.26 Å². The summed E-state index contributed by atoms with van der Waals surface area (Å²) in [6, 6.07) is 8.47. The van der Waals surface area contributed by atoms with Gasteiger partial charge < -0.3 is 14.4 Å². The average Bonchev–Trinajstić information content (AvgIpc) is 2.95. The van der Waals surface area contributed by atoms with E-state index in [1.807, 2.05) is 25.1 Å². The SMILES string of the molecule is CN1CCN(C(C)(C#N)Cc2ccc3c(c2)OCO3)CC1. The highest BCUT2D eigenvalue weighted by molar-refractivity contribution is 5.45. The van der Waals surface area contributed by atoms with Crippen LogP contribution in [0.2, 0.25) is 0 Å². The van der Waals surface area contributed by atoms with E-state index >= 15 is 0 Å². The van der Waals surface area contributed by atoms with Crippen LogP contribution in [0.5, 0.6) is 11.5 Å². The van der Waals surface area contributed by atoms with E-state index in [0.717, 1.165) is 43.2 Å². The molecule has 1 atom stereocenters. The van der Waals surface area contributed by atoms with Gasteiger partial charge in [0.25, 0.3) is 0 Å². The van der Waals surface area contributed by atoms with Crippen molar-refractivity contribution in [3.8, 4) is 17.6 Å². The van der Waals surface area contributed by atoms with Crippen molar-refractivity contribution < 1.29 is 9.47 Å². The van der Waals surface area contributed by atoms with Crippen molar-refractivity contribution in [2.45, 2.75) is 18.9 Å². The Morgan fingerprint density at radius 1 is 1.19 bits per heavy atom. The topological polar surface area (TPSA) is 48.7 Å². The number of ether oxygens (including phenoxy) is 2. The lowest BCUT2D eigenvalue weighted by Gasteiger charge is -2.41. The molecule has 1 saturated heterocycles. The van der Waals surface area contributed by atoms with Crippen LogP contribution in [0, 0.1) is 11.3 Å². The highest BCUT2D eigenvalue weighted by Gasteiger charge is 2.34. The quantitative estimate of drug-likeness (QED) is 0.843. The first-order valence-electron chi connectivity index (χ1n) is 7.34. The monoisotopic (exact) mass is 287 g/mol. The Hall–Kier alpha value is -1.77. The summed E-state index contributed by atoms with van der Waals surface area (Å²) < 4.78 is 10.8. The maximum Gasteiger partial charge on any atom is 0.231 e. The van der Waals surface area contributed by atoms with E-state index < -0.39 is 5.54 Å². The summed E-state index contributed by atoms with van der Waals surface area (Å²) in [7, 11) is 2.12.